The fraction of sp³-hybridized carbons (Fsp3) is 0.154. The van der Waals surface area contributed by atoms with Gasteiger partial charge in [0.2, 0.25) is 0 Å². The Morgan fingerprint density at radius 3 is 2.52 bits per heavy atom. The number of benzene rings is 3. The number of halogens is 1. The number of H-pyrrole nitrogens is 1. The maximum absolute atomic E-state index is 13.6. The number of aromatic nitrogens is 2. The second-order valence-corrected chi connectivity index (χ2v) is 8.38. The first-order chi connectivity index (χ1) is 16.0. The standard InChI is InChI=1S/C26H22ClN3O3/c1-3-33-21-14-17(8-13-20(21)31)25-22-23(16-6-9-18(27)10-7-16)28-29-24(22)26(32)30(25)19-11-4-15(2)5-12-19/h4-14,25,31H,3H2,1-2H3,(H,28,29)/t25-/m1/s1. The van der Waals surface area contributed by atoms with Gasteiger partial charge in [0, 0.05) is 21.8 Å². The molecule has 0 unspecified atom stereocenters. The van der Waals surface area contributed by atoms with Gasteiger partial charge in [-0.05, 0) is 55.8 Å². The van der Waals surface area contributed by atoms with E-state index in [0.717, 1.165) is 27.9 Å². The summed E-state index contributed by atoms with van der Waals surface area (Å²) >= 11 is 6.09. The van der Waals surface area contributed by atoms with Gasteiger partial charge in [0.25, 0.3) is 5.91 Å². The predicted octanol–water partition coefficient (Wildman–Crippen LogP) is 5.89. The molecule has 1 amide bonds. The normalized spacial score (nSPS) is 15.1. The van der Waals surface area contributed by atoms with E-state index in [1.165, 1.54) is 0 Å². The first-order valence-corrected chi connectivity index (χ1v) is 11.1. The van der Waals surface area contributed by atoms with Gasteiger partial charge >= 0.3 is 0 Å². The van der Waals surface area contributed by atoms with Gasteiger partial charge in [-0.25, -0.2) is 0 Å². The molecule has 0 bridgehead atoms. The predicted molar refractivity (Wildman–Crippen MR) is 128 cm³/mol. The van der Waals surface area contributed by atoms with E-state index in [9.17, 15) is 9.90 Å². The Balaban J connectivity index is 1.72. The van der Waals surface area contributed by atoms with E-state index >= 15 is 0 Å². The van der Waals surface area contributed by atoms with Gasteiger partial charge < -0.3 is 9.84 Å². The van der Waals surface area contributed by atoms with Crippen molar-refractivity contribution in [2.75, 3.05) is 11.5 Å². The van der Waals surface area contributed by atoms with E-state index < -0.39 is 6.04 Å². The lowest BCUT2D eigenvalue weighted by Gasteiger charge is -2.27. The van der Waals surface area contributed by atoms with Crippen LogP contribution in [-0.4, -0.2) is 27.8 Å². The fourth-order valence-corrected chi connectivity index (χ4v) is 4.36. The van der Waals surface area contributed by atoms with Crippen molar-refractivity contribution in [2.45, 2.75) is 19.9 Å². The number of nitrogens with zero attached hydrogens (tertiary/aromatic N) is 2. The Morgan fingerprint density at radius 1 is 1.09 bits per heavy atom. The van der Waals surface area contributed by atoms with E-state index in [1.54, 1.807) is 29.2 Å². The summed E-state index contributed by atoms with van der Waals surface area (Å²) in [4.78, 5) is 15.3. The highest BCUT2D eigenvalue weighted by Crippen LogP contribution is 2.46. The molecule has 0 fully saturated rings. The van der Waals surface area contributed by atoms with Gasteiger partial charge in [0.15, 0.2) is 11.5 Å². The number of phenols is 1. The molecule has 33 heavy (non-hydrogen) atoms. The molecule has 4 aromatic rings. The zero-order chi connectivity index (χ0) is 23.1. The minimum absolute atomic E-state index is 0.0529. The molecule has 6 nitrogen and oxygen atoms in total. The number of aryl methyl sites for hydroxylation is 1. The fourth-order valence-electron chi connectivity index (χ4n) is 4.23. The molecule has 5 rings (SSSR count). The van der Waals surface area contributed by atoms with Crippen LogP contribution in [0.2, 0.25) is 5.02 Å². The van der Waals surface area contributed by atoms with Gasteiger partial charge in [-0.1, -0.05) is 47.5 Å². The van der Waals surface area contributed by atoms with Gasteiger partial charge in [-0.3, -0.25) is 14.8 Å². The summed E-state index contributed by atoms with van der Waals surface area (Å²) in [6.45, 7) is 4.28. The lowest BCUT2D eigenvalue weighted by molar-refractivity contribution is 0.0988. The average molecular weight is 460 g/mol. The number of aromatic amines is 1. The first-order valence-electron chi connectivity index (χ1n) is 10.7. The maximum atomic E-state index is 13.6. The first kappa shape index (κ1) is 21.1. The lowest BCUT2D eigenvalue weighted by Crippen LogP contribution is -2.29. The maximum Gasteiger partial charge on any atom is 0.277 e. The Kier molecular flexibility index (Phi) is 5.30. The molecule has 0 saturated carbocycles. The molecule has 166 valence electrons. The van der Waals surface area contributed by atoms with Crippen LogP contribution in [0.1, 0.15) is 40.1 Å². The molecule has 0 aliphatic carbocycles. The van der Waals surface area contributed by atoms with Crippen LogP contribution in [-0.2, 0) is 0 Å². The summed E-state index contributed by atoms with van der Waals surface area (Å²) in [6.07, 6.45) is 0. The summed E-state index contributed by atoms with van der Waals surface area (Å²) < 4.78 is 5.63. The zero-order valence-electron chi connectivity index (χ0n) is 18.2. The van der Waals surface area contributed by atoms with Crippen LogP contribution in [0.25, 0.3) is 11.3 Å². The summed E-state index contributed by atoms with van der Waals surface area (Å²) in [5.41, 5.74) is 5.43. The Morgan fingerprint density at radius 2 is 1.82 bits per heavy atom. The highest BCUT2D eigenvalue weighted by molar-refractivity contribution is 6.30. The van der Waals surface area contributed by atoms with Crippen molar-refractivity contribution < 1.29 is 14.6 Å². The third-order valence-corrected chi connectivity index (χ3v) is 6.05. The molecule has 1 aliphatic rings. The molecule has 2 N–H and O–H groups in total. The number of nitrogens with one attached hydrogen (secondary N) is 1. The molecule has 0 spiro atoms. The van der Waals surface area contributed by atoms with E-state index in [2.05, 4.69) is 10.2 Å². The van der Waals surface area contributed by atoms with E-state index in [-0.39, 0.29) is 11.7 Å². The van der Waals surface area contributed by atoms with Crippen molar-refractivity contribution in [1.82, 2.24) is 10.2 Å². The Hall–Kier alpha value is -3.77. The minimum atomic E-state index is -0.459. The van der Waals surface area contributed by atoms with Crippen molar-refractivity contribution in [2.24, 2.45) is 0 Å². The summed E-state index contributed by atoms with van der Waals surface area (Å²) in [6, 6.07) is 19.9. The largest absolute Gasteiger partial charge is 0.504 e. The van der Waals surface area contributed by atoms with Gasteiger partial charge in [-0.2, -0.15) is 5.10 Å². The zero-order valence-corrected chi connectivity index (χ0v) is 18.9. The Bertz CT molecular complexity index is 1330. The topological polar surface area (TPSA) is 78.5 Å². The molecule has 1 aliphatic heterocycles. The van der Waals surface area contributed by atoms with Crippen LogP contribution in [0.15, 0.2) is 66.7 Å². The van der Waals surface area contributed by atoms with E-state index in [1.807, 2.05) is 56.3 Å². The molecule has 7 heteroatoms. The molecule has 3 aromatic carbocycles. The van der Waals surface area contributed by atoms with Crippen molar-refractivity contribution in [3.63, 3.8) is 0 Å². The molecular formula is C26H22ClN3O3. The van der Waals surface area contributed by atoms with Gasteiger partial charge in [-0.15, -0.1) is 0 Å². The SMILES string of the molecule is CCOc1cc([C@@H]2c3c(-c4ccc(Cl)cc4)n[nH]c3C(=O)N2c2ccc(C)cc2)ccc1O. The highest BCUT2D eigenvalue weighted by atomic mass is 35.5. The number of fused-ring (bicyclic) bond motifs is 1. The molecular weight excluding hydrogens is 438 g/mol. The van der Waals surface area contributed by atoms with Crippen LogP contribution in [0.5, 0.6) is 11.5 Å². The molecule has 1 atom stereocenters. The van der Waals surface area contributed by atoms with Crippen LogP contribution in [0.4, 0.5) is 5.69 Å². The second-order valence-electron chi connectivity index (χ2n) is 7.94. The third-order valence-electron chi connectivity index (χ3n) is 5.80. The number of carbonyl (C=O) groups is 1. The molecule has 0 radical (unpaired) electrons. The van der Waals surface area contributed by atoms with E-state index in [0.29, 0.717) is 28.8 Å². The molecule has 0 saturated heterocycles. The van der Waals surface area contributed by atoms with Crippen LogP contribution in [0.3, 0.4) is 0 Å². The second kappa shape index (κ2) is 8.30. The van der Waals surface area contributed by atoms with Crippen molar-refractivity contribution in [1.29, 1.82) is 0 Å². The number of ether oxygens (including phenoxy) is 1. The van der Waals surface area contributed by atoms with Gasteiger partial charge in [0.1, 0.15) is 5.69 Å². The number of hydrogen-bond acceptors (Lipinski definition) is 4. The smallest absolute Gasteiger partial charge is 0.277 e. The number of phenolic OH excluding ortho intramolecular Hbond substituents is 1. The quantitative estimate of drug-likeness (QED) is 0.390. The number of aromatic hydroxyl groups is 1. The number of amides is 1. The van der Waals surface area contributed by atoms with Crippen molar-refractivity contribution >= 4 is 23.2 Å². The summed E-state index contributed by atoms with van der Waals surface area (Å²) in [7, 11) is 0. The number of hydrogen-bond donors (Lipinski definition) is 2. The van der Waals surface area contributed by atoms with Crippen molar-refractivity contribution in [3.8, 4) is 22.8 Å². The minimum Gasteiger partial charge on any atom is -0.504 e. The monoisotopic (exact) mass is 459 g/mol. The van der Waals surface area contributed by atoms with Gasteiger partial charge in [0.05, 0.1) is 18.3 Å². The third kappa shape index (κ3) is 3.62. The average Bonchev–Trinajstić information content (AvgIpc) is 3.36. The number of carbonyl (C=O) groups excluding carboxylic acids is 1. The summed E-state index contributed by atoms with van der Waals surface area (Å²) in [5, 5.41) is 18.3. The van der Waals surface area contributed by atoms with Crippen LogP contribution in [0, 0.1) is 6.92 Å². The molecule has 2 heterocycles. The van der Waals surface area contributed by atoms with Crippen LogP contribution >= 0.6 is 11.6 Å². The van der Waals surface area contributed by atoms with Crippen molar-refractivity contribution in [3.05, 3.63) is 94.1 Å². The molecule has 1 aromatic heterocycles. The lowest BCUT2D eigenvalue weighted by atomic mass is 9.95. The Labute approximate surface area is 196 Å². The van der Waals surface area contributed by atoms with E-state index in [4.69, 9.17) is 16.3 Å². The number of rotatable bonds is 5. The highest BCUT2D eigenvalue weighted by Gasteiger charge is 2.43. The summed E-state index contributed by atoms with van der Waals surface area (Å²) in [5.74, 6) is 0.256. The van der Waals surface area contributed by atoms with Crippen LogP contribution < -0.4 is 9.64 Å². The number of anilines is 1.